The number of fused-ring (bicyclic) bond motifs is 1. The van der Waals surface area contributed by atoms with E-state index in [2.05, 4.69) is 53.2 Å². The van der Waals surface area contributed by atoms with Crippen molar-refractivity contribution in [1.29, 1.82) is 0 Å². The largest absolute Gasteiger partial charge is 0.131 e. The molecule has 1 aromatic heterocycles. The second-order valence-electron chi connectivity index (χ2n) is 5.28. The normalized spacial score (nSPS) is 20.1. The van der Waals surface area contributed by atoms with Crippen LogP contribution < -0.4 is 0 Å². The van der Waals surface area contributed by atoms with Gasteiger partial charge in [-0.25, -0.2) is 0 Å². The van der Waals surface area contributed by atoms with Crippen LogP contribution in [0.4, 0.5) is 0 Å². The minimum Gasteiger partial charge on any atom is -0.131 e. The monoisotopic (exact) mass is 354 g/mol. The number of hydrogen-bond acceptors (Lipinski definition) is 1. The van der Waals surface area contributed by atoms with Crippen LogP contribution in [0.3, 0.4) is 0 Å². The molecular weight excluding hydrogens is 340 g/mol. The molecule has 0 aliphatic heterocycles. The van der Waals surface area contributed by atoms with Gasteiger partial charge in [0.2, 0.25) is 0 Å². The van der Waals surface area contributed by atoms with Gasteiger partial charge in [-0.15, -0.1) is 22.9 Å². The molecule has 0 saturated carbocycles. The van der Waals surface area contributed by atoms with E-state index in [0.717, 1.165) is 12.8 Å². The van der Waals surface area contributed by atoms with Crippen molar-refractivity contribution in [2.45, 2.75) is 31.6 Å². The molecule has 1 heterocycles. The van der Waals surface area contributed by atoms with Crippen molar-refractivity contribution >= 4 is 38.9 Å². The molecule has 0 saturated heterocycles. The summed E-state index contributed by atoms with van der Waals surface area (Å²) in [5, 5.41) is 0.142. The van der Waals surface area contributed by atoms with Crippen LogP contribution in [0, 0.1) is 12.8 Å². The van der Waals surface area contributed by atoms with Crippen LogP contribution in [0.25, 0.3) is 0 Å². The highest BCUT2D eigenvalue weighted by atomic mass is 79.9. The highest BCUT2D eigenvalue weighted by Crippen LogP contribution is 2.42. The molecule has 0 nitrogen and oxygen atoms in total. The van der Waals surface area contributed by atoms with E-state index >= 15 is 0 Å². The van der Waals surface area contributed by atoms with E-state index in [4.69, 9.17) is 11.6 Å². The van der Waals surface area contributed by atoms with Crippen LogP contribution in [0.5, 0.6) is 0 Å². The molecule has 2 unspecified atom stereocenters. The first-order valence-corrected chi connectivity index (χ1v) is 8.66. The molecule has 1 aliphatic rings. The number of halogens is 2. The molecule has 3 rings (SSSR count). The van der Waals surface area contributed by atoms with Gasteiger partial charge >= 0.3 is 0 Å². The number of alkyl halides is 1. The van der Waals surface area contributed by atoms with E-state index < -0.39 is 0 Å². The molecule has 0 spiro atoms. The van der Waals surface area contributed by atoms with Crippen LogP contribution in [-0.2, 0) is 12.8 Å². The van der Waals surface area contributed by atoms with Gasteiger partial charge in [-0.05, 0) is 70.8 Å². The SMILES string of the molecule is Cc1cc(C(Cl)C2CCc3ccccc3C2)sc1Br. The van der Waals surface area contributed by atoms with Crippen LogP contribution in [0.15, 0.2) is 34.1 Å². The predicted molar refractivity (Wildman–Crippen MR) is 87.3 cm³/mol. The third-order valence-corrected chi connectivity index (χ3v) is 6.89. The number of rotatable bonds is 2. The second-order valence-corrected chi connectivity index (χ2v) is 8.15. The summed E-state index contributed by atoms with van der Waals surface area (Å²) in [6, 6.07) is 11.0. The highest BCUT2D eigenvalue weighted by Gasteiger charge is 2.27. The predicted octanol–water partition coefficient (Wildman–Crippen LogP) is 5.90. The third kappa shape index (κ3) is 2.76. The fourth-order valence-electron chi connectivity index (χ4n) is 2.83. The van der Waals surface area contributed by atoms with Crippen LogP contribution in [0.2, 0.25) is 0 Å². The lowest BCUT2D eigenvalue weighted by Crippen LogP contribution is -2.17. The van der Waals surface area contributed by atoms with Crippen LogP contribution in [-0.4, -0.2) is 0 Å². The van der Waals surface area contributed by atoms with Gasteiger partial charge in [0.05, 0.1) is 9.16 Å². The molecule has 1 aliphatic carbocycles. The first kappa shape index (κ1) is 13.7. The van der Waals surface area contributed by atoms with Gasteiger partial charge in [-0.1, -0.05) is 24.3 Å². The molecule has 0 fully saturated rings. The Morgan fingerprint density at radius 1 is 1.32 bits per heavy atom. The molecule has 3 heteroatoms. The van der Waals surface area contributed by atoms with E-state index in [9.17, 15) is 0 Å². The summed E-state index contributed by atoms with van der Waals surface area (Å²) >= 11 is 12.1. The minimum atomic E-state index is 0.142. The lowest BCUT2D eigenvalue weighted by molar-refractivity contribution is 0.446. The van der Waals surface area contributed by atoms with Crippen molar-refractivity contribution in [3.8, 4) is 0 Å². The molecule has 0 amide bonds. The summed E-state index contributed by atoms with van der Waals surface area (Å²) in [7, 11) is 0. The summed E-state index contributed by atoms with van der Waals surface area (Å²) in [5.74, 6) is 0.557. The second kappa shape index (κ2) is 5.59. The molecule has 2 aromatic rings. The van der Waals surface area contributed by atoms with E-state index in [-0.39, 0.29) is 5.38 Å². The Hall–Kier alpha value is -0.310. The number of aryl methyl sites for hydroxylation is 2. The molecule has 2 atom stereocenters. The molecule has 0 N–H and O–H groups in total. The zero-order valence-corrected chi connectivity index (χ0v) is 14.0. The summed E-state index contributed by atoms with van der Waals surface area (Å²) in [6.45, 7) is 2.13. The van der Waals surface area contributed by atoms with Gasteiger partial charge in [0, 0.05) is 4.88 Å². The number of benzene rings is 1. The molecule has 0 bridgehead atoms. The van der Waals surface area contributed by atoms with Crippen molar-refractivity contribution in [3.63, 3.8) is 0 Å². The van der Waals surface area contributed by atoms with E-state index in [1.54, 1.807) is 11.3 Å². The quantitative estimate of drug-likeness (QED) is 0.588. The maximum atomic E-state index is 6.73. The summed E-state index contributed by atoms with van der Waals surface area (Å²) in [5.41, 5.74) is 4.28. The minimum absolute atomic E-state index is 0.142. The highest BCUT2D eigenvalue weighted by molar-refractivity contribution is 9.11. The maximum Gasteiger partial charge on any atom is 0.0731 e. The topological polar surface area (TPSA) is 0 Å². The Morgan fingerprint density at radius 3 is 2.74 bits per heavy atom. The van der Waals surface area contributed by atoms with Crippen molar-refractivity contribution in [2.24, 2.45) is 5.92 Å². The average Bonchev–Trinajstić information content (AvgIpc) is 2.77. The van der Waals surface area contributed by atoms with E-state index in [1.165, 1.54) is 31.8 Å². The smallest absolute Gasteiger partial charge is 0.0731 e. The van der Waals surface area contributed by atoms with Gasteiger partial charge < -0.3 is 0 Å². The molecule has 0 radical (unpaired) electrons. The van der Waals surface area contributed by atoms with Gasteiger partial charge in [-0.3, -0.25) is 0 Å². The zero-order chi connectivity index (χ0) is 13.4. The fraction of sp³-hybridized carbons (Fsp3) is 0.375. The van der Waals surface area contributed by atoms with Gasteiger partial charge in [0.25, 0.3) is 0 Å². The van der Waals surface area contributed by atoms with Gasteiger partial charge in [0.15, 0.2) is 0 Å². The number of thiophene rings is 1. The summed E-state index contributed by atoms with van der Waals surface area (Å²) in [4.78, 5) is 1.30. The fourth-order valence-corrected chi connectivity index (χ4v) is 4.88. The Balaban J connectivity index is 1.81. The lowest BCUT2D eigenvalue weighted by atomic mass is 9.82. The van der Waals surface area contributed by atoms with Crippen molar-refractivity contribution in [1.82, 2.24) is 0 Å². The summed E-state index contributed by atoms with van der Waals surface area (Å²) in [6.07, 6.45) is 3.47. The van der Waals surface area contributed by atoms with Crippen molar-refractivity contribution < 1.29 is 0 Å². The van der Waals surface area contributed by atoms with Crippen molar-refractivity contribution in [3.05, 3.63) is 55.7 Å². The van der Waals surface area contributed by atoms with Gasteiger partial charge in [0.1, 0.15) is 0 Å². The first-order valence-electron chi connectivity index (χ1n) is 6.62. The molecular formula is C16H16BrClS. The summed E-state index contributed by atoms with van der Waals surface area (Å²) < 4.78 is 1.21. The lowest BCUT2D eigenvalue weighted by Gasteiger charge is -2.27. The Bertz CT molecular complexity index is 571. The Labute approximate surface area is 131 Å². The van der Waals surface area contributed by atoms with Gasteiger partial charge in [-0.2, -0.15) is 0 Å². The third-order valence-electron chi connectivity index (χ3n) is 3.95. The van der Waals surface area contributed by atoms with E-state index in [1.807, 2.05) is 0 Å². The zero-order valence-electron chi connectivity index (χ0n) is 10.8. The molecule has 1 aromatic carbocycles. The molecule has 19 heavy (non-hydrogen) atoms. The Morgan fingerprint density at radius 2 is 2.05 bits per heavy atom. The van der Waals surface area contributed by atoms with Crippen LogP contribution in [0.1, 0.15) is 33.4 Å². The average molecular weight is 356 g/mol. The Kier molecular flexibility index (Phi) is 4.02. The first-order chi connectivity index (χ1) is 9.15. The maximum absolute atomic E-state index is 6.73. The molecule has 100 valence electrons. The van der Waals surface area contributed by atoms with Crippen molar-refractivity contribution in [2.75, 3.05) is 0 Å². The van der Waals surface area contributed by atoms with Crippen LogP contribution >= 0.6 is 38.9 Å². The van der Waals surface area contributed by atoms with E-state index in [0.29, 0.717) is 5.92 Å². The number of hydrogen-bond donors (Lipinski definition) is 0. The standard InChI is InChI=1S/C16H16BrClS/c1-10-8-14(19-16(10)17)15(18)13-7-6-11-4-2-3-5-12(11)9-13/h2-5,8,13,15H,6-7,9H2,1H3.